The standard InChI is InChI=1S/C9H14N2O2/c1-7(6-13-3)11-5-9(4-10-11)8(2)12/h4-5,7H,6H2,1-3H3. The van der Waals surface area contributed by atoms with E-state index in [-0.39, 0.29) is 11.8 Å². The van der Waals surface area contributed by atoms with Gasteiger partial charge in [-0.2, -0.15) is 5.10 Å². The van der Waals surface area contributed by atoms with Crippen LogP contribution in [-0.4, -0.2) is 29.3 Å². The van der Waals surface area contributed by atoms with Gasteiger partial charge in [0.2, 0.25) is 0 Å². The third kappa shape index (κ3) is 2.39. The molecule has 0 aliphatic heterocycles. The molecule has 13 heavy (non-hydrogen) atoms. The highest BCUT2D eigenvalue weighted by Gasteiger charge is 2.07. The Morgan fingerprint density at radius 2 is 2.46 bits per heavy atom. The van der Waals surface area contributed by atoms with Gasteiger partial charge < -0.3 is 4.74 Å². The van der Waals surface area contributed by atoms with Crippen LogP contribution in [0.2, 0.25) is 0 Å². The van der Waals surface area contributed by atoms with Gasteiger partial charge in [-0.1, -0.05) is 0 Å². The fraction of sp³-hybridized carbons (Fsp3) is 0.556. The number of methoxy groups -OCH3 is 1. The average molecular weight is 182 g/mol. The summed E-state index contributed by atoms with van der Waals surface area (Å²) in [4.78, 5) is 11.0. The van der Waals surface area contributed by atoms with Crippen LogP contribution in [0.4, 0.5) is 0 Å². The smallest absolute Gasteiger partial charge is 0.162 e. The van der Waals surface area contributed by atoms with Crippen molar-refractivity contribution in [2.45, 2.75) is 19.9 Å². The Hall–Kier alpha value is -1.16. The summed E-state index contributed by atoms with van der Waals surface area (Å²) in [7, 11) is 1.64. The summed E-state index contributed by atoms with van der Waals surface area (Å²) in [6.07, 6.45) is 3.32. The van der Waals surface area contributed by atoms with E-state index < -0.39 is 0 Å². The van der Waals surface area contributed by atoms with Crippen LogP contribution < -0.4 is 0 Å². The normalized spacial score (nSPS) is 12.8. The summed E-state index contributed by atoms with van der Waals surface area (Å²) in [5.74, 6) is 0.0378. The molecule has 4 nitrogen and oxygen atoms in total. The lowest BCUT2D eigenvalue weighted by Crippen LogP contribution is -2.11. The van der Waals surface area contributed by atoms with Gasteiger partial charge in [-0.05, 0) is 13.8 Å². The number of rotatable bonds is 4. The van der Waals surface area contributed by atoms with E-state index in [0.29, 0.717) is 12.2 Å². The molecule has 1 rings (SSSR count). The van der Waals surface area contributed by atoms with Crippen LogP contribution in [0.1, 0.15) is 30.2 Å². The molecule has 0 aliphatic rings. The van der Waals surface area contributed by atoms with Crippen LogP contribution in [-0.2, 0) is 4.74 Å². The van der Waals surface area contributed by atoms with Gasteiger partial charge >= 0.3 is 0 Å². The van der Waals surface area contributed by atoms with Crippen molar-refractivity contribution in [3.8, 4) is 0 Å². The summed E-state index contributed by atoms with van der Waals surface area (Å²) < 4.78 is 6.72. The minimum absolute atomic E-state index is 0.0378. The second kappa shape index (κ2) is 4.18. The zero-order valence-electron chi connectivity index (χ0n) is 8.15. The number of Topliss-reactive ketones (excluding diaryl/α,β-unsaturated/α-hetero) is 1. The molecule has 0 saturated heterocycles. The highest BCUT2D eigenvalue weighted by Crippen LogP contribution is 2.06. The Labute approximate surface area is 77.5 Å². The fourth-order valence-corrected chi connectivity index (χ4v) is 1.08. The molecule has 0 fully saturated rings. The maximum absolute atomic E-state index is 11.0. The average Bonchev–Trinajstić information content (AvgIpc) is 2.52. The number of nitrogens with zero attached hydrogens (tertiary/aromatic N) is 2. The van der Waals surface area contributed by atoms with E-state index >= 15 is 0 Å². The lowest BCUT2D eigenvalue weighted by atomic mass is 10.3. The number of aromatic nitrogens is 2. The second-order valence-corrected chi connectivity index (χ2v) is 3.07. The van der Waals surface area contributed by atoms with Gasteiger partial charge in [-0.3, -0.25) is 9.48 Å². The Bertz CT molecular complexity index is 294. The van der Waals surface area contributed by atoms with E-state index in [0.717, 1.165) is 0 Å². The SMILES string of the molecule is COCC(C)n1cc(C(C)=O)cn1. The third-order valence-electron chi connectivity index (χ3n) is 1.87. The summed E-state index contributed by atoms with van der Waals surface area (Å²) in [5, 5.41) is 4.07. The molecule has 0 bridgehead atoms. The van der Waals surface area contributed by atoms with Crippen LogP contribution in [0, 0.1) is 0 Å². The molecule has 0 aromatic carbocycles. The number of carbonyl (C=O) groups is 1. The second-order valence-electron chi connectivity index (χ2n) is 3.07. The Balaban J connectivity index is 2.73. The fourth-order valence-electron chi connectivity index (χ4n) is 1.08. The maximum atomic E-state index is 11.0. The van der Waals surface area contributed by atoms with Crippen molar-refractivity contribution in [2.75, 3.05) is 13.7 Å². The molecule has 0 radical (unpaired) electrons. The van der Waals surface area contributed by atoms with Gasteiger partial charge in [0.05, 0.1) is 24.4 Å². The number of carbonyl (C=O) groups excluding carboxylic acids is 1. The minimum atomic E-state index is 0.0378. The summed E-state index contributed by atoms with van der Waals surface area (Å²) in [5.41, 5.74) is 0.642. The van der Waals surface area contributed by atoms with Crippen molar-refractivity contribution in [3.05, 3.63) is 18.0 Å². The molecule has 72 valence electrons. The molecule has 0 spiro atoms. The monoisotopic (exact) mass is 182 g/mol. The zero-order chi connectivity index (χ0) is 9.84. The lowest BCUT2D eigenvalue weighted by Gasteiger charge is -2.09. The number of hydrogen-bond donors (Lipinski definition) is 0. The van der Waals surface area contributed by atoms with Crippen molar-refractivity contribution in [1.29, 1.82) is 0 Å². The highest BCUT2D eigenvalue weighted by atomic mass is 16.5. The minimum Gasteiger partial charge on any atom is -0.382 e. The Kier molecular flexibility index (Phi) is 3.19. The molecule has 1 unspecified atom stereocenters. The predicted octanol–water partition coefficient (Wildman–Crippen LogP) is 1.29. The Morgan fingerprint density at radius 3 is 2.92 bits per heavy atom. The van der Waals surface area contributed by atoms with Crippen LogP contribution >= 0.6 is 0 Å². The summed E-state index contributed by atoms with van der Waals surface area (Å²) in [6, 6.07) is 0.165. The summed E-state index contributed by atoms with van der Waals surface area (Å²) >= 11 is 0. The first-order valence-electron chi connectivity index (χ1n) is 4.19. The molecule has 0 N–H and O–H groups in total. The van der Waals surface area contributed by atoms with Gasteiger partial charge in [0, 0.05) is 13.3 Å². The van der Waals surface area contributed by atoms with Crippen LogP contribution in [0.25, 0.3) is 0 Å². The van der Waals surface area contributed by atoms with Gasteiger partial charge in [0.25, 0.3) is 0 Å². The van der Waals surface area contributed by atoms with Crippen LogP contribution in [0.15, 0.2) is 12.4 Å². The van der Waals surface area contributed by atoms with Crippen molar-refractivity contribution < 1.29 is 9.53 Å². The molecule has 1 aromatic rings. The van der Waals surface area contributed by atoms with E-state index in [1.807, 2.05) is 6.92 Å². The topological polar surface area (TPSA) is 44.1 Å². The van der Waals surface area contributed by atoms with Crippen LogP contribution in [0.5, 0.6) is 0 Å². The van der Waals surface area contributed by atoms with Crippen molar-refractivity contribution in [2.24, 2.45) is 0 Å². The largest absolute Gasteiger partial charge is 0.382 e. The molecule has 0 amide bonds. The van der Waals surface area contributed by atoms with E-state index in [9.17, 15) is 4.79 Å². The molecule has 1 heterocycles. The van der Waals surface area contributed by atoms with E-state index in [1.54, 1.807) is 24.2 Å². The molecule has 1 atom stereocenters. The third-order valence-corrected chi connectivity index (χ3v) is 1.87. The summed E-state index contributed by atoms with van der Waals surface area (Å²) in [6.45, 7) is 4.11. The Morgan fingerprint density at radius 1 is 1.77 bits per heavy atom. The van der Waals surface area contributed by atoms with Crippen molar-refractivity contribution >= 4 is 5.78 Å². The molecule has 4 heteroatoms. The van der Waals surface area contributed by atoms with E-state index in [2.05, 4.69) is 5.10 Å². The van der Waals surface area contributed by atoms with Gasteiger partial charge in [0.15, 0.2) is 5.78 Å². The maximum Gasteiger partial charge on any atom is 0.162 e. The quantitative estimate of drug-likeness (QED) is 0.659. The highest BCUT2D eigenvalue weighted by molar-refractivity contribution is 5.93. The zero-order valence-corrected chi connectivity index (χ0v) is 8.15. The van der Waals surface area contributed by atoms with Gasteiger partial charge in [0.1, 0.15) is 0 Å². The van der Waals surface area contributed by atoms with Crippen LogP contribution in [0.3, 0.4) is 0 Å². The first-order chi connectivity index (χ1) is 6.15. The number of ether oxygens (including phenoxy) is 1. The first kappa shape index (κ1) is 9.92. The van der Waals surface area contributed by atoms with E-state index in [4.69, 9.17) is 4.74 Å². The number of hydrogen-bond acceptors (Lipinski definition) is 3. The molecule has 1 aromatic heterocycles. The molecular weight excluding hydrogens is 168 g/mol. The number of ketones is 1. The van der Waals surface area contributed by atoms with Crippen molar-refractivity contribution in [1.82, 2.24) is 9.78 Å². The van der Waals surface area contributed by atoms with Crippen molar-refractivity contribution in [3.63, 3.8) is 0 Å². The predicted molar refractivity (Wildman–Crippen MR) is 48.8 cm³/mol. The molecule has 0 aliphatic carbocycles. The van der Waals surface area contributed by atoms with Gasteiger partial charge in [-0.15, -0.1) is 0 Å². The van der Waals surface area contributed by atoms with Gasteiger partial charge in [-0.25, -0.2) is 0 Å². The van der Waals surface area contributed by atoms with E-state index in [1.165, 1.54) is 6.92 Å². The lowest BCUT2D eigenvalue weighted by molar-refractivity contribution is 0.101. The first-order valence-corrected chi connectivity index (χ1v) is 4.19. The molecular formula is C9H14N2O2. The molecule has 0 saturated carbocycles.